The van der Waals surface area contributed by atoms with Crippen molar-refractivity contribution >= 4 is 12.0 Å². The van der Waals surface area contributed by atoms with E-state index in [4.69, 9.17) is 4.74 Å². The number of fused-ring (bicyclic) bond motifs is 1. The van der Waals surface area contributed by atoms with Crippen LogP contribution in [-0.4, -0.2) is 17.5 Å². The first-order chi connectivity index (χ1) is 13.8. The van der Waals surface area contributed by atoms with Gasteiger partial charge in [-0.1, -0.05) is 6.07 Å². The predicted octanol–water partition coefficient (Wildman–Crippen LogP) is 3.32. The molecule has 2 aromatic rings. The molecule has 3 rings (SSSR count). The first-order valence-electron chi connectivity index (χ1n) is 9.25. The maximum atomic E-state index is 13.9. The number of pyridine rings is 1. The van der Waals surface area contributed by atoms with Gasteiger partial charge in [-0.25, -0.2) is 8.78 Å². The Kier molecular flexibility index (Phi) is 6.12. The highest BCUT2D eigenvalue weighted by Gasteiger charge is 2.26. The molecular formula is C21H26F2N3O3. The van der Waals surface area contributed by atoms with Gasteiger partial charge in [-0.05, 0) is 38.5 Å². The number of aromatic amines is 1. The third-order valence-corrected chi connectivity index (χ3v) is 4.74. The molecule has 29 heavy (non-hydrogen) atoms. The van der Waals surface area contributed by atoms with E-state index >= 15 is 0 Å². The Hall–Kier alpha value is -3.00. The second-order valence-electron chi connectivity index (χ2n) is 6.72. The van der Waals surface area contributed by atoms with E-state index in [1.54, 1.807) is 26.1 Å². The van der Waals surface area contributed by atoms with Crippen molar-refractivity contribution in [3.63, 3.8) is 0 Å². The van der Waals surface area contributed by atoms with Crippen molar-refractivity contribution in [2.75, 3.05) is 6.61 Å². The van der Waals surface area contributed by atoms with Crippen LogP contribution in [0.1, 0.15) is 50.7 Å². The van der Waals surface area contributed by atoms with Crippen molar-refractivity contribution in [1.82, 2.24) is 15.6 Å². The summed E-state index contributed by atoms with van der Waals surface area (Å²) in [5, 5.41) is 5.65. The largest absolute Gasteiger partial charge is 0.356 e. The van der Waals surface area contributed by atoms with Gasteiger partial charge in [0.05, 0.1) is 18.2 Å². The molecule has 2 heterocycles. The van der Waals surface area contributed by atoms with Crippen LogP contribution in [0.15, 0.2) is 29.2 Å². The topological polar surface area (TPSA) is 83.2 Å². The molecule has 1 radical (unpaired) electrons. The minimum Gasteiger partial charge on any atom is -0.356 e. The zero-order chi connectivity index (χ0) is 21.1. The zero-order valence-corrected chi connectivity index (χ0v) is 16.4. The molecule has 0 spiro atoms. The third-order valence-electron chi connectivity index (χ3n) is 4.74. The molecular weight excluding hydrogens is 380 g/mol. The maximum absolute atomic E-state index is 13.9. The van der Waals surface area contributed by atoms with Crippen LogP contribution in [0.4, 0.5) is 8.78 Å². The Bertz CT molecular complexity index is 1030. The van der Waals surface area contributed by atoms with Crippen LogP contribution in [0, 0.1) is 24.8 Å². The minimum atomic E-state index is -0.741. The first-order valence-corrected chi connectivity index (χ1v) is 9.25. The van der Waals surface area contributed by atoms with Gasteiger partial charge >= 0.3 is 0 Å². The highest BCUT2D eigenvalue weighted by molar-refractivity contribution is 5.79. The summed E-state index contributed by atoms with van der Waals surface area (Å²) in [4.78, 5) is 27.8. The number of carbonyl (C=O) groups is 1. The summed E-state index contributed by atoms with van der Waals surface area (Å²) in [5.41, 5.74) is 1.99. The standard InChI is InChI=1S/C21H22F2N3O3.2H2/c1-4-29-21-19-11(2)15(20(28)26-17(19)7-8-24-21)10-18(27)25-12(3)14-6-5-13(22)9-16(14)23;;/h5-9,12,24H,4,10H2,1-3H3,(H,25,27)(H,26,28);2*1H/t12-;;/m0../s1. The highest BCUT2D eigenvalue weighted by Crippen LogP contribution is 2.26. The summed E-state index contributed by atoms with van der Waals surface area (Å²) in [7, 11) is 0. The molecule has 8 heteroatoms. The Morgan fingerprint density at radius 2 is 2.10 bits per heavy atom. The van der Waals surface area contributed by atoms with E-state index in [9.17, 15) is 18.4 Å². The Morgan fingerprint density at radius 3 is 2.79 bits per heavy atom. The highest BCUT2D eigenvalue weighted by atomic mass is 19.1. The van der Waals surface area contributed by atoms with Crippen LogP contribution in [0.2, 0.25) is 0 Å². The molecule has 0 aliphatic carbocycles. The molecule has 6 nitrogen and oxygen atoms in total. The van der Waals surface area contributed by atoms with Gasteiger partial charge in [0.25, 0.3) is 5.56 Å². The maximum Gasteiger partial charge on any atom is 0.252 e. The van der Waals surface area contributed by atoms with E-state index in [0.29, 0.717) is 35.2 Å². The Balaban J connectivity index is 0.00000240. The number of hydrogen-bond donors (Lipinski definition) is 3. The monoisotopic (exact) mass is 406 g/mol. The van der Waals surface area contributed by atoms with E-state index in [1.807, 2.05) is 6.92 Å². The van der Waals surface area contributed by atoms with E-state index in [1.165, 1.54) is 6.07 Å². The van der Waals surface area contributed by atoms with Gasteiger partial charge in [0.15, 0.2) is 0 Å². The minimum absolute atomic E-state index is 0. The number of hydrogen-bond acceptors (Lipinski definition) is 4. The average molecular weight is 406 g/mol. The Labute approximate surface area is 169 Å². The van der Waals surface area contributed by atoms with E-state index < -0.39 is 23.6 Å². The van der Waals surface area contributed by atoms with Gasteiger partial charge in [0.2, 0.25) is 12.1 Å². The molecule has 1 amide bonds. The number of nitrogens with one attached hydrogen (secondary N) is 3. The SMILES string of the molecule is CCO[C]1NC=Cc2[nH]c(=O)c(CC(=O)N[C@@H](C)c3ccc(F)cc3F)c(C)c21.[HH].[HH]. The lowest BCUT2D eigenvalue weighted by atomic mass is 9.97. The molecule has 0 bridgehead atoms. The van der Waals surface area contributed by atoms with Crippen LogP contribution in [0.5, 0.6) is 0 Å². The number of benzene rings is 1. The van der Waals surface area contributed by atoms with Crippen LogP contribution in [0.3, 0.4) is 0 Å². The summed E-state index contributed by atoms with van der Waals surface area (Å²) in [6.45, 7) is 5.62. The molecule has 1 aromatic heterocycles. The van der Waals surface area contributed by atoms with E-state index in [-0.39, 0.29) is 20.4 Å². The molecule has 1 aliphatic rings. The summed E-state index contributed by atoms with van der Waals surface area (Å²) < 4.78 is 32.6. The Morgan fingerprint density at radius 1 is 1.34 bits per heavy atom. The van der Waals surface area contributed by atoms with Crippen LogP contribution in [0.25, 0.3) is 6.08 Å². The first kappa shape index (κ1) is 20.7. The molecule has 0 saturated carbocycles. The fourth-order valence-electron chi connectivity index (χ4n) is 3.33. The fourth-order valence-corrected chi connectivity index (χ4v) is 3.33. The normalized spacial score (nSPS) is 14.2. The van der Waals surface area contributed by atoms with E-state index in [0.717, 1.165) is 12.1 Å². The molecule has 1 aromatic carbocycles. The number of amides is 1. The number of halogens is 2. The van der Waals surface area contributed by atoms with Crippen LogP contribution >= 0.6 is 0 Å². The summed E-state index contributed by atoms with van der Waals surface area (Å²) in [6, 6.07) is 2.50. The lowest BCUT2D eigenvalue weighted by molar-refractivity contribution is -0.121. The number of H-pyrrole nitrogens is 1. The molecule has 0 fully saturated rings. The van der Waals surface area contributed by atoms with Crippen molar-refractivity contribution in [3.8, 4) is 0 Å². The van der Waals surface area contributed by atoms with Gasteiger partial charge in [-0.3, -0.25) is 9.59 Å². The molecule has 1 aliphatic heterocycles. The quantitative estimate of drug-likeness (QED) is 0.687. The van der Waals surface area contributed by atoms with Gasteiger partial charge in [0.1, 0.15) is 11.6 Å². The summed E-state index contributed by atoms with van der Waals surface area (Å²) in [5.74, 6) is -1.88. The van der Waals surface area contributed by atoms with Crippen LogP contribution in [-0.2, 0) is 16.0 Å². The van der Waals surface area contributed by atoms with Crippen molar-refractivity contribution in [2.45, 2.75) is 33.2 Å². The number of aromatic nitrogens is 1. The molecule has 157 valence electrons. The smallest absolute Gasteiger partial charge is 0.252 e. The molecule has 3 N–H and O–H groups in total. The van der Waals surface area contributed by atoms with Crippen molar-refractivity contribution in [3.05, 3.63) is 80.6 Å². The fraction of sp³-hybridized carbons (Fsp3) is 0.286. The number of rotatable bonds is 6. The second-order valence-corrected chi connectivity index (χ2v) is 6.72. The lowest BCUT2D eigenvalue weighted by Gasteiger charge is -2.24. The number of carbonyl (C=O) groups excluding carboxylic acids is 1. The van der Waals surface area contributed by atoms with Crippen molar-refractivity contribution in [1.29, 1.82) is 0 Å². The van der Waals surface area contributed by atoms with Gasteiger partial charge in [-0.2, -0.15) is 0 Å². The van der Waals surface area contributed by atoms with Crippen molar-refractivity contribution < 1.29 is 21.2 Å². The van der Waals surface area contributed by atoms with Gasteiger partial charge in [-0.15, -0.1) is 0 Å². The summed E-state index contributed by atoms with van der Waals surface area (Å²) >= 11 is 0. The zero-order valence-electron chi connectivity index (χ0n) is 16.4. The second kappa shape index (κ2) is 8.57. The third kappa shape index (κ3) is 4.37. The number of ether oxygens (including phenoxy) is 1. The van der Waals surface area contributed by atoms with Crippen molar-refractivity contribution in [2.24, 2.45) is 0 Å². The summed E-state index contributed by atoms with van der Waals surface area (Å²) in [6.07, 6.45) is 3.69. The average Bonchev–Trinajstić information content (AvgIpc) is 2.65. The van der Waals surface area contributed by atoms with Crippen LogP contribution < -0.4 is 16.2 Å². The lowest BCUT2D eigenvalue weighted by Crippen LogP contribution is -2.33. The molecule has 1 atom stereocenters. The van der Waals surface area contributed by atoms with Gasteiger partial charge < -0.3 is 20.4 Å². The van der Waals surface area contributed by atoms with Gasteiger partial charge in [0, 0.05) is 38.4 Å². The molecule has 0 unspecified atom stereocenters. The molecule has 0 saturated heterocycles. The predicted molar refractivity (Wildman–Crippen MR) is 109 cm³/mol. The van der Waals surface area contributed by atoms with E-state index in [2.05, 4.69) is 15.6 Å².